The van der Waals surface area contributed by atoms with Crippen LogP contribution < -0.4 is 4.74 Å². The molecule has 8 nitrogen and oxygen atoms in total. The molecule has 1 aromatic carbocycles. The van der Waals surface area contributed by atoms with Crippen molar-refractivity contribution in [2.24, 2.45) is 0 Å². The van der Waals surface area contributed by atoms with Crippen molar-refractivity contribution in [3.05, 3.63) is 48.7 Å². The van der Waals surface area contributed by atoms with E-state index < -0.39 is 6.61 Å². The van der Waals surface area contributed by atoms with E-state index in [1.165, 1.54) is 0 Å². The molecule has 1 aliphatic heterocycles. The van der Waals surface area contributed by atoms with Gasteiger partial charge in [-0.2, -0.15) is 0 Å². The minimum Gasteiger partial charge on any atom is -0.477 e. The lowest BCUT2D eigenvalue weighted by atomic mass is 10.1. The van der Waals surface area contributed by atoms with Gasteiger partial charge < -0.3 is 19.2 Å². The van der Waals surface area contributed by atoms with E-state index in [2.05, 4.69) is 10.1 Å². The molecule has 4 heterocycles. The van der Waals surface area contributed by atoms with E-state index >= 15 is 0 Å². The Kier molecular flexibility index (Phi) is 4.84. The van der Waals surface area contributed by atoms with Crippen molar-refractivity contribution in [1.29, 1.82) is 0 Å². The Morgan fingerprint density at radius 2 is 2.17 bits per heavy atom. The molecule has 0 saturated carbocycles. The number of fused-ring (bicyclic) bond motifs is 2. The molecule has 154 valence electrons. The van der Waals surface area contributed by atoms with Crippen molar-refractivity contribution in [2.75, 3.05) is 19.8 Å². The summed E-state index contributed by atoms with van der Waals surface area (Å²) in [4.78, 5) is 18.0. The Labute approximate surface area is 172 Å². The summed E-state index contributed by atoms with van der Waals surface area (Å²) in [6, 6.07) is 13.6. The van der Waals surface area contributed by atoms with Gasteiger partial charge in [-0.15, -0.1) is 5.10 Å². The number of likely N-dealkylation sites (tertiary alicyclic amines) is 1. The fraction of sp³-hybridized carbons (Fsp3) is 0.318. The molecule has 0 spiro atoms. The molecule has 1 N–H and O–H groups in total. The summed E-state index contributed by atoms with van der Waals surface area (Å²) in [6.07, 6.45) is 4.32. The molecule has 0 unspecified atom stereocenters. The van der Waals surface area contributed by atoms with E-state index in [0.717, 1.165) is 29.5 Å². The number of benzene rings is 1. The van der Waals surface area contributed by atoms with Crippen LogP contribution in [0.3, 0.4) is 0 Å². The summed E-state index contributed by atoms with van der Waals surface area (Å²) in [6.45, 7) is 0.692. The summed E-state index contributed by atoms with van der Waals surface area (Å²) in [5.41, 5.74) is 2.27. The third-order valence-corrected chi connectivity index (χ3v) is 5.55. The second-order valence-electron chi connectivity index (χ2n) is 7.41. The molecule has 1 amide bonds. The number of aliphatic hydroxyl groups excluding tert-OH is 1. The third kappa shape index (κ3) is 3.39. The SMILES string of the molecule is O=C(CO)N1CCC[C@H]1CCOc1ccc2ncc(-c3cc4ccccc4o3)n2n1. The number of imidazole rings is 1. The number of rotatable bonds is 6. The number of hydrogen-bond donors (Lipinski definition) is 1. The molecule has 1 saturated heterocycles. The Morgan fingerprint density at radius 1 is 1.27 bits per heavy atom. The molecular formula is C22H22N4O4. The lowest BCUT2D eigenvalue weighted by Gasteiger charge is -2.23. The first-order chi connectivity index (χ1) is 14.7. The number of para-hydroxylation sites is 1. The first-order valence-electron chi connectivity index (χ1n) is 10.1. The van der Waals surface area contributed by atoms with Crippen molar-refractivity contribution >= 4 is 22.5 Å². The maximum atomic E-state index is 11.8. The van der Waals surface area contributed by atoms with Gasteiger partial charge in [0.25, 0.3) is 0 Å². The van der Waals surface area contributed by atoms with Crippen LogP contribution in [0.1, 0.15) is 19.3 Å². The van der Waals surface area contributed by atoms with Gasteiger partial charge in [-0.3, -0.25) is 4.79 Å². The molecule has 5 rings (SSSR count). The number of nitrogens with zero attached hydrogens (tertiary/aromatic N) is 4. The lowest BCUT2D eigenvalue weighted by Crippen LogP contribution is -2.38. The van der Waals surface area contributed by atoms with Gasteiger partial charge in [0.05, 0.1) is 12.8 Å². The van der Waals surface area contributed by atoms with Crippen LogP contribution in [0, 0.1) is 0 Å². The number of ether oxygens (including phenoxy) is 1. The van der Waals surface area contributed by atoms with Gasteiger partial charge in [-0.05, 0) is 31.0 Å². The Hall–Kier alpha value is -3.39. The maximum absolute atomic E-state index is 11.8. The van der Waals surface area contributed by atoms with Crippen LogP contribution in [0.5, 0.6) is 5.88 Å². The van der Waals surface area contributed by atoms with E-state index in [1.54, 1.807) is 21.7 Å². The monoisotopic (exact) mass is 406 g/mol. The van der Waals surface area contributed by atoms with Gasteiger partial charge in [0.15, 0.2) is 11.4 Å². The zero-order chi connectivity index (χ0) is 20.5. The van der Waals surface area contributed by atoms with Crippen LogP contribution in [0.2, 0.25) is 0 Å². The Balaban J connectivity index is 1.32. The van der Waals surface area contributed by atoms with Gasteiger partial charge in [0, 0.05) is 30.5 Å². The molecule has 0 radical (unpaired) electrons. The second kappa shape index (κ2) is 7.79. The number of hydrogen-bond acceptors (Lipinski definition) is 6. The van der Waals surface area contributed by atoms with Crippen LogP contribution >= 0.6 is 0 Å². The van der Waals surface area contributed by atoms with Crippen LogP contribution in [0.15, 0.2) is 53.1 Å². The minimum absolute atomic E-state index is 0.104. The normalized spacial score (nSPS) is 16.6. The van der Waals surface area contributed by atoms with E-state index in [0.29, 0.717) is 36.9 Å². The number of amides is 1. The predicted octanol–water partition coefficient (Wildman–Crippen LogP) is 2.89. The largest absolute Gasteiger partial charge is 0.477 e. The van der Waals surface area contributed by atoms with E-state index in [-0.39, 0.29) is 11.9 Å². The van der Waals surface area contributed by atoms with Crippen LogP contribution in [-0.2, 0) is 4.79 Å². The standard InChI is InChI=1S/C22H22N4O4/c27-14-22(28)25-10-3-5-16(25)9-11-29-21-8-7-20-23-13-17(26(20)24-21)19-12-15-4-1-2-6-18(15)30-19/h1-2,4,6-8,12-13,16,27H,3,5,9-11,14H2/t16-/m0/s1. The van der Waals surface area contributed by atoms with Crippen molar-refractivity contribution in [1.82, 2.24) is 19.5 Å². The molecule has 3 aromatic heterocycles. The van der Waals surface area contributed by atoms with E-state index in [1.807, 2.05) is 36.4 Å². The molecule has 8 heteroatoms. The lowest BCUT2D eigenvalue weighted by molar-refractivity contribution is -0.135. The Bertz CT molecular complexity index is 1170. The molecule has 0 aliphatic carbocycles. The molecule has 4 aromatic rings. The van der Waals surface area contributed by atoms with Crippen LogP contribution in [-0.4, -0.2) is 56.3 Å². The molecule has 1 aliphatic rings. The quantitative estimate of drug-likeness (QED) is 0.529. The summed E-state index contributed by atoms with van der Waals surface area (Å²) in [7, 11) is 0. The molecule has 0 bridgehead atoms. The average molecular weight is 406 g/mol. The number of carbonyl (C=O) groups is 1. The molecule has 1 atom stereocenters. The van der Waals surface area contributed by atoms with Crippen molar-refractivity contribution in [3.63, 3.8) is 0 Å². The molecular weight excluding hydrogens is 384 g/mol. The number of aromatic nitrogens is 3. The maximum Gasteiger partial charge on any atom is 0.248 e. The van der Waals surface area contributed by atoms with Crippen molar-refractivity contribution in [3.8, 4) is 17.3 Å². The minimum atomic E-state index is -0.444. The predicted molar refractivity (Wildman–Crippen MR) is 110 cm³/mol. The van der Waals surface area contributed by atoms with Gasteiger partial charge in [-0.25, -0.2) is 9.50 Å². The highest BCUT2D eigenvalue weighted by Crippen LogP contribution is 2.28. The smallest absolute Gasteiger partial charge is 0.248 e. The second-order valence-corrected chi connectivity index (χ2v) is 7.41. The van der Waals surface area contributed by atoms with E-state index in [9.17, 15) is 4.79 Å². The Morgan fingerprint density at radius 3 is 3.03 bits per heavy atom. The highest BCUT2D eigenvalue weighted by molar-refractivity contribution is 5.82. The van der Waals surface area contributed by atoms with Gasteiger partial charge in [-0.1, -0.05) is 18.2 Å². The topological polar surface area (TPSA) is 93.1 Å². The van der Waals surface area contributed by atoms with Gasteiger partial charge in [0.1, 0.15) is 17.9 Å². The molecule has 30 heavy (non-hydrogen) atoms. The summed E-state index contributed by atoms with van der Waals surface area (Å²) < 4.78 is 13.5. The first kappa shape index (κ1) is 18.6. The first-order valence-corrected chi connectivity index (χ1v) is 10.1. The fourth-order valence-electron chi connectivity index (χ4n) is 4.06. The van der Waals surface area contributed by atoms with Crippen molar-refractivity contribution in [2.45, 2.75) is 25.3 Å². The van der Waals surface area contributed by atoms with Gasteiger partial charge >= 0.3 is 0 Å². The third-order valence-electron chi connectivity index (χ3n) is 5.55. The van der Waals surface area contributed by atoms with Gasteiger partial charge in [0.2, 0.25) is 11.8 Å². The zero-order valence-corrected chi connectivity index (χ0v) is 16.4. The fourth-order valence-corrected chi connectivity index (χ4v) is 4.06. The number of carbonyl (C=O) groups excluding carboxylic acids is 1. The van der Waals surface area contributed by atoms with Crippen molar-refractivity contribution < 1.29 is 19.1 Å². The summed E-state index contributed by atoms with van der Waals surface area (Å²) in [5, 5.41) is 14.7. The molecule has 1 fully saturated rings. The number of furan rings is 1. The average Bonchev–Trinajstić information content (AvgIpc) is 3.50. The highest BCUT2D eigenvalue weighted by Gasteiger charge is 2.27. The van der Waals surface area contributed by atoms with Crippen LogP contribution in [0.4, 0.5) is 0 Å². The van der Waals surface area contributed by atoms with Crippen LogP contribution in [0.25, 0.3) is 28.1 Å². The summed E-state index contributed by atoms with van der Waals surface area (Å²) >= 11 is 0. The highest BCUT2D eigenvalue weighted by atomic mass is 16.5. The summed E-state index contributed by atoms with van der Waals surface area (Å²) in [5.74, 6) is 0.958. The van der Waals surface area contributed by atoms with E-state index in [4.69, 9.17) is 14.3 Å². The number of aliphatic hydroxyl groups is 1. The zero-order valence-electron chi connectivity index (χ0n) is 16.4.